The van der Waals surface area contributed by atoms with Crippen molar-refractivity contribution in [3.63, 3.8) is 0 Å². The van der Waals surface area contributed by atoms with E-state index in [4.69, 9.17) is 0 Å². The molecule has 5 nitrogen and oxygen atoms in total. The van der Waals surface area contributed by atoms with Gasteiger partial charge in [0.15, 0.2) is 0 Å². The Bertz CT molecular complexity index is 455. The van der Waals surface area contributed by atoms with Crippen LogP contribution in [0.1, 0.15) is 36.2 Å². The molecule has 0 radical (unpaired) electrons. The van der Waals surface area contributed by atoms with Gasteiger partial charge in [0.2, 0.25) is 5.91 Å². The molecule has 0 fully saturated rings. The van der Waals surface area contributed by atoms with Crippen molar-refractivity contribution in [2.45, 2.75) is 32.9 Å². The van der Waals surface area contributed by atoms with Gasteiger partial charge in [0.05, 0.1) is 6.10 Å². The Hall–Kier alpha value is -1.88. The summed E-state index contributed by atoms with van der Waals surface area (Å²) in [6, 6.07) is 7.15. The van der Waals surface area contributed by atoms with E-state index in [-0.39, 0.29) is 11.8 Å². The number of hydrogen-bond acceptors (Lipinski definition) is 3. The summed E-state index contributed by atoms with van der Waals surface area (Å²) in [6.07, 6.45) is 0.147. The third-order valence-corrected chi connectivity index (χ3v) is 2.97. The van der Waals surface area contributed by atoms with Crippen molar-refractivity contribution in [2.75, 3.05) is 13.6 Å². The van der Waals surface area contributed by atoms with Crippen LogP contribution in [-0.2, 0) is 11.3 Å². The van der Waals surface area contributed by atoms with E-state index in [0.717, 1.165) is 5.56 Å². The summed E-state index contributed by atoms with van der Waals surface area (Å²) in [5.74, 6) is -0.153. The Labute approximate surface area is 119 Å². The van der Waals surface area contributed by atoms with Gasteiger partial charge in [0.1, 0.15) is 0 Å². The van der Waals surface area contributed by atoms with Crippen molar-refractivity contribution in [1.82, 2.24) is 10.2 Å². The number of hydrogen-bond donors (Lipinski definition) is 2. The number of benzene rings is 1. The number of carbonyl (C=O) groups excluding carboxylic acids is 2. The maximum absolute atomic E-state index is 12.1. The average Bonchev–Trinajstić information content (AvgIpc) is 2.42. The van der Waals surface area contributed by atoms with E-state index in [0.29, 0.717) is 25.1 Å². The fourth-order valence-corrected chi connectivity index (χ4v) is 1.69. The lowest BCUT2D eigenvalue weighted by Crippen LogP contribution is -2.29. The maximum Gasteiger partial charge on any atom is 0.253 e. The Morgan fingerprint density at radius 2 is 1.90 bits per heavy atom. The molecular weight excluding hydrogens is 256 g/mol. The zero-order valence-electron chi connectivity index (χ0n) is 12.2. The molecule has 0 saturated heterocycles. The molecule has 0 aliphatic carbocycles. The van der Waals surface area contributed by atoms with Crippen LogP contribution in [0.5, 0.6) is 0 Å². The molecule has 1 aromatic rings. The van der Waals surface area contributed by atoms with Crippen molar-refractivity contribution in [3.8, 4) is 0 Å². The summed E-state index contributed by atoms with van der Waals surface area (Å²) in [5.41, 5.74) is 1.55. The highest BCUT2D eigenvalue weighted by Gasteiger charge is 2.12. The zero-order valence-corrected chi connectivity index (χ0v) is 12.2. The Morgan fingerprint density at radius 1 is 1.30 bits per heavy atom. The summed E-state index contributed by atoms with van der Waals surface area (Å²) < 4.78 is 0. The molecule has 20 heavy (non-hydrogen) atoms. The number of aliphatic hydroxyl groups excluding tert-OH is 1. The first kappa shape index (κ1) is 16.2. The summed E-state index contributed by atoms with van der Waals surface area (Å²) in [4.78, 5) is 24.5. The normalized spacial score (nSPS) is 11.8. The van der Waals surface area contributed by atoms with Crippen LogP contribution >= 0.6 is 0 Å². The summed E-state index contributed by atoms with van der Waals surface area (Å²) in [7, 11) is 1.72. The molecule has 1 aromatic carbocycles. The lowest BCUT2D eigenvalue weighted by Gasteiger charge is -2.18. The summed E-state index contributed by atoms with van der Waals surface area (Å²) in [6.45, 7) is 4.15. The first-order chi connectivity index (χ1) is 9.40. The molecule has 0 aliphatic rings. The number of nitrogens with one attached hydrogen (secondary N) is 1. The SMILES string of the molecule is CC(=O)NCc1ccc(C(=O)N(C)CCC(C)O)cc1. The molecule has 0 spiro atoms. The van der Waals surface area contributed by atoms with Crippen LogP contribution in [0.3, 0.4) is 0 Å². The third kappa shape index (κ3) is 5.40. The van der Waals surface area contributed by atoms with Crippen molar-refractivity contribution >= 4 is 11.8 Å². The van der Waals surface area contributed by atoms with Crippen LogP contribution in [0.2, 0.25) is 0 Å². The second-order valence-corrected chi connectivity index (χ2v) is 4.97. The van der Waals surface area contributed by atoms with Gasteiger partial charge >= 0.3 is 0 Å². The van der Waals surface area contributed by atoms with E-state index in [1.165, 1.54) is 6.92 Å². The smallest absolute Gasteiger partial charge is 0.253 e. The van der Waals surface area contributed by atoms with Gasteiger partial charge in [0.25, 0.3) is 5.91 Å². The average molecular weight is 278 g/mol. The summed E-state index contributed by atoms with van der Waals surface area (Å²) in [5, 5.41) is 11.9. The minimum atomic E-state index is -0.412. The highest BCUT2D eigenvalue weighted by molar-refractivity contribution is 5.94. The molecule has 1 rings (SSSR count). The Balaban J connectivity index is 2.58. The lowest BCUT2D eigenvalue weighted by atomic mass is 10.1. The van der Waals surface area contributed by atoms with Gasteiger partial charge in [-0.05, 0) is 31.0 Å². The van der Waals surface area contributed by atoms with Gasteiger partial charge in [-0.15, -0.1) is 0 Å². The standard InChI is InChI=1S/C15H22N2O3/c1-11(18)8-9-17(3)15(20)14-6-4-13(5-7-14)10-16-12(2)19/h4-7,11,18H,8-10H2,1-3H3,(H,16,19). The molecule has 0 aromatic heterocycles. The van der Waals surface area contributed by atoms with Gasteiger partial charge in [0, 0.05) is 32.6 Å². The first-order valence-corrected chi connectivity index (χ1v) is 6.67. The second kappa shape index (κ2) is 7.65. The van der Waals surface area contributed by atoms with E-state index >= 15 is 0 Å². The Morgan fingerprint density at radius 3 is 2.40 bits per heavy atom. The number of amides is 2. The van der Waals surface area contributed by atoms with Crippen LogP contribution in [0.25, 0.3) is 0 Å². The van der Waals surface area contributed by atoms with E-state index < -0.39 is 6.10 Å². The fourth-order valence-electron chi connectivity index (χ4n) is 1.69. The van der Waals surface area contributed by atoms with Crippen LogP contribution in [-0.4, -0.2) is 41.5 Å². The van der Waals surface area contributed by atoms with Crippen LogP contribution in [0.4, 0.5) is 0 Å². The Kier molecular flexibility index (Phi) is 6.18. The molecule has 2 amide bonds. The second-order valence-electron chi connectivity index (χ2n) is 4.97. The molecule has 1 unspecified atom stereocenters. The lowest BCUT2D eigenvalue weighted by molar-refractivity contribution is -0.119. The van der Waals surface area contributed by atoms with Gasteiger partial charge in [-0.2, -0.15) is 0 Å². The van der Waals surface area contributed by atoms with Crippen molar-refractivity contribution in [3.05, 3.63) is 35.4 Å². The number of rotatable bonds is 6. The van der Waals surface area contributed by atoms with E-state index in [1.54, 1.807) is 31.0 Å². The van der Waals surface area contributed by atoms with Crippen LogP contribution in [0, 0.1) is 0 Å². The predicted molar refractivity (Wildman–Crippen MR) is 77.2 cm³/mol. The van der Waals surface area contributed by atoms with Gasteiger partial charge < -0.3 is 15.3 Å². The number of nitrogens with zero attached hydrogens (tertiary/aromatic N) is 1. The third-order valence-electron chi connectivity index (χ3n) is 2.97. The minimum absolute atomic E-state index is 0.0725. The number of carbonyl (C=O) groups is 2. The largest absolute Gasteiger partial charge is 0.393 e. The van der Waals surface area contributed by atoms with Gasteiger partial charge in [-0.1, -0.05) is 12.1 Å². The first-order valence-electron chi connectivity index (χ1n) is 6.67. The van der Waals surface area contributed by atoms with E-state index in [9.17, 15) is 14.7 Å². The maximum atomic E-state index is 12.1. The van der Waals surface area contributed by atoms with Crippen molar-refractivity contribution in [2.24, 2.45) is 0 Å². The molecule has 110 valence electrons. The monoisotopic (exact) mass is 278 g/mol. The van der Waals surface area contributed by atoms with E-state index in [1.807, 2.05) is 12.1 Å². The quantitative estimate of drug-likeness (QED) is 0.820. The van der Waals surface area contributed by atoms with Gasteiger partial charge in [-0.25, -0.2) is 0 Å². The minimum Gasteiger partial charge on any atom is -0.393 e. The van der Waals surface area contributed by atoms with Crippen LogP contribution in [0.15, 0.2) is 24.3 Å². The molecule has 5 heteroatoms. The molecule has 0 bridgehead atoms. The van der Waals surface area contributed by atoms with Crippen LogP contribution < -0.4 is 5.32 Å². The predicted octanol–water partition coefficient (Wildman–Crippen LogP) is 1.17. The van der Waals surface area contributed by atoms with Gasteiger partial charge in [-0.3, -0.25) is 9.59 Å². The molecular formula is C15H22N2O3. The zero-order chi connectivity index (χ0) is 15.1. The topological polar surface area (TPSA) is 69.6 Å². The van der Waals surface area contributed by atoms with Crippen molar-refractivity contribution < 1.29 is 14.7 Å². The molecule has 0 aliphatic heterocycles. The molecule has 0 heterocycles. The highest BCUT2D eigenvalue weighted by Crippen LogP contribution is 2.08. The van der Waals surface area contributed by atoms with Crippen molar-refractivity contribution in [1.29, 1.82) is 0 Å². The molecule has 0 saturated carbocycles. The number of aliphatic hydroxyl groups is 1. The molecule has 1 atom stereocenters. The molecule has 2 N–H and O–H groups in total. The van der Waals surface area contributed by atoms with E-state index in [2.05, 4.69) is 5.32 Å². The highest BCUT2D eigenvalue weighted by atomic mass is 16.3. The summed E-state index contributed by atoms with van der Waals surface area (Å²) >= 11 is 0. The fraction of sp³-hybridized carbons (Fsp3) is 0.467.